The van der Waals surface area contributed by atoms with Crippen LogP contribution in [0.3, 0.4) is 0 Å². The largest absolute Gasteiger partial charge is 0.341 e. The molecule has 0 N–H and O–H groups in total. The second kappa shape index (κ2) is 8.53. The molecule has 2 atom stereocenters. The molecule has 0 aromatic heterocycles. The summed E-state index contributed by atoms with van der Waals surface area (Å²) in [5.41, 5.74) is 1.16. The van der Waals surface area contributed by atoms with Crippen LogP contribution in [0.15, 0.2) is 24.3 Å². The normalized spacial score (nSPS) is 23.7. The van der Waals surface area contributed by atoms with Crippen molar-refractivity contribution in [2.24, 2.45) is 11.8 Å². The van der Waals surface area contributed by atoms with Gasteiger partial charge in [-0.05, 0) is 42.5 Å². The van der Waals surface area contributed by atoms with E-state index in [1.165, 1.54) is 6.42 Å². The van der Waals surface area contributed by atoms with E-state index in [-0.39, 0.29) is 11.8 Å². The standard InChI is InChI=1S/C21H28N4O2/c1-16-11-17(2)14-25(13-16)20(26)15-23-7-9-24(10-8-23)21(27)19-5-3-18(12-22)4-6-19/h3-6,16-17H,7-11,13-15H2,1-2H3. The number of amides is 2. The molecule has 6 nitrogen and oxygen atoms in total. The lowest BCUT2D eigenvalue weighted by molar-refractivity contribution is -0.135. The molecule has 2 aliphatic heterocycles. The average Bonchev–Trinajstić information content (AvgIpc) is 2.67. The Morgan fingerprint density at radius 1 is 1.00 bits per heavy atom. The molecular weight excluding hydrogens is 340 g/mol. The Labute approximate surface area is 161 Å². The zero-order valence-corrected chi connectivity index (χ0v) is 16.2. The maximum absolute atomic E-state index is 12.6. The zero-order chi connectivity index (χ0) is 19.4. The van der Waals surface area contributed by atoms with Crippen molar-refractivity contribution in [2.45, 2.75) is 20.3 Å². The van der Waals surface area contributed by atoms with Crippen molar-refractivity contribution in [3.8, 4) is 6.07 Å². The number of benzene rings is 1. The highest BCUT2D eigenvalue weighted by atomic mass is 16.2. The van der Waals surface area contributed by atoms with Gasteiger partial charge in [0.1, 0.15) is 0 Å². The van der Waals surface area contributed by atoms with Crippen molar-refractivity contribution >= 4 is 11.8 Å². The third-order valence-corrected chi connectivity index (χ3v) is 5.50. The van der Waals surface area contributed by atoms with E-state index in [0.29, 0.717) is 55.7 Å². The SMILES string of the molecule is CC1CC(C)CN(C(=O)CN2CCN(C(=O)c3ccc(C#N)cc3)CC2)C1. The van der Waals surface area contributed by atoms with E-state index >= 15 is 0 Å². The number of likely N-dealkylation sites (tertiary alicyclic amines) is 1. The molecule has 0 saturated carbocycles. The molecule has 144 valence electrons. The van der Waals surface area contributed by atoms with E-state index in [0.717, 1.165) is 13.1 Å². The molecule has 2 amide bonds. The highest BCUT2D eigenvalue weighted by molar-refractivity contribution is 5.94. The van der Waals surface area contributed by atoms with Crippen LogP contribution < -0.4 is 0 Å². The molecule has 0 spiro atoms. The Kier molecular flexibility index (Phi) is 6.12. The molecule has 1 aromatic rings. The summed E-state index contributed by atoms with van der Waals surface area (Å²) in [4.78, 5) is 31.2. The van der Waals surface area contributed by atoms with Gasteiger partial charge in [-0.3, -0.25) is 14.5 Å². The summed E-state index contributed by atoms with van der Waals surface area (Å²) in [5.74, 6) is 1.34. The number of carbonyl (C=O) groups excluding carboxylic acids is 2. The first kappa shape index (κ1) is 19.4. The summed E-state index contributed by atoms with van der Waals surface area (Å²) in [7, 11) is 0. The first-order chi connectivity index (χ1) is 13.0. The van der Waals surface area contributed by atoms with E-state index < -0.39 is 0 Å². The molecule has 3 rings (SSSR count). The zero-order valence-electron chi connectivity index (χ0n) is 16.2. The van der Waals surface area contributed by atoms with E-state index in [2.05, 4.69) is 24.8 Å². The van der Waals surface area contributed by atoms with Crippen LogP contribution in [0.4, 0.5) is 0 Å². The molecule has 0 aliphatic carbocycles. The second-order valence-electron chi connectivity index (χ2n) is 8.00. The number of piperazine rings is 1. The molecular formula is C21H28N4O2. The fraction of sp³-hybridized carbons (Fsp3) is 0.571. The molecule has 2 saturated heterocycles. The Bertz CT molecular complexity index is 707. The summed E-state index contributed by atoms with van der Waals surface area (Å²) in [6.07, 6.45) is 1.19. The van der Waals surface area contributed by atoms with Crippen molar-refractivity contribution in [1.29, 1.82) is 5.26 Å². The maximum Gasteiger partial charge on any atom is 0.253 e. The lowest BCUT2D eigenvalue weighted by atomic mass is 9.92. The summed E-state index contributed by atoms with van der Waals surface area (Å²) < 4.78 is 0. The molecule has 1 aromatic carbocycles. The fourth-order valence-electron chi connectivity index (χ4n) is 4.14. The number of carbonyl (C=O) groups is 2. The van der Waals surface area contributed by atoms with Gasteiger partial charge in [0.25, 0.3) is 5.91 Å². The lowest BCUT2D eigenvalue weighted by Crippen LogP contribution is -2.53. The van der Waals surface area contributed by atoms with E-state index in [1.54, 1.807) is 24.3 Å². The quantitative estimate of drug-likeness (QED) is 0.816. The first-order valence-corrected chi connectivity index (χ1v) is 9.76. The minimum absolute atomic E-state index is 0.0100. The highest BCUT2D eigenvalue weighted by Crippen LogP contribution is 2.21. The van der Waals surface area contributed by atoms with Gasteiger partial charge < -0.3 is 9.80 Å². The number of rotatable bonds is 3. The molecule has 2 aliphatic rings. The van der Waals surface area contributed by atoms with Gasteiger partial charge in [-0.15, -0.1) is 0 Å². The Morgan fingerprint density at radius 3 is 2.15 bits per heavy atom. The summed E-state index contributed by atoms with van der Waals surface area (Å²) in [5, 5.41) is 8.86. The van der Waals surface area contributed by atoms with Gasteiger partial charge in [0.05, 0.1) is 18.2 Å². The first-order valence-electron chi connectivity index (χ1n) is 9.76. The minimum Gasteiger partial charge on any atom is -0.341 e. The van der Waals surface area contributed by atoms with Gasteiger partial charge >= 0.3 is 0 Å². The molecule has 2 fully saturated rings. The van der Waals surface area contributed by atoms with E-state index in [1.807, 2.05) is 9.80 Å². The number of piperidine rings is 1. The molecule has 0 bridgehead atoms. The van der Waals surface area contributed by atoms with Gasteiger partial charge in [0.15, 0.2) is 0 Å². The van der Waals surface area contributed by atoms with Crippen LogP contribution in [-0.2, 0) is 4.79 Å². The predicted molar refractivity (Wildman–Crippen MR) is 103 cm³/mol. The number of hydrogen-bond acceptors (Lipinski definition) is 4. The minimum atomic E-state index is -0.0100. The molecule has 27 heavy (non-hydrogen) atoms. The van der Waals surface area contributed by atoms with Crippen molar-refractivity contribution in [1.82, 2.24) is 14.7 Å². The number of nitrogens with zero attached hydrogens (tertiary/aromatic N) is 4. The summed E-state index contributed by atoms with van der Waals surface area (Å²) in [6.45, 7) is 9.27. The highest BCUT2D eigenvalue weighted by Gasteiger charge is 2.28. The van der Waals surface area contributed by atoms with Crippen LogP contribution in [0, 0.1) is 23.2 Å². The Hall–Kier alpha value is -2.39. The fourth-order valence-corrected chi connectivity index (χ4v) is 4.14. The predicted octanol–water partition coefficient (Wildman–Crippen LogP) is 1.82. The van der Waals surface area contributed by atoms with Crippen LogP contribution in [0.5, 0.6) is 0 Å². The summed E-state index contributed by atoms with van der Waals surface area (Å²) in [6, 6.07) is 8.81. The van der Waals surface area contributed by atoms with Gasteiger partial charge in [0.2, 0.25) is 5.91 Å². The Morgan fingerprint density at radius 2 is 1.59 bits per heavy atom. The van der Waals surface area contributed by atoms with E-state index in [4.69, 9.17) is 5.26 Å². The average molecular weight is 368 g/mol. The van der Waals surface area contributed by atoms with Crippen molar-refractivity contribution < 1.29 is 9.59 Å². The van der Waals surface area contributed by atoms with Crippen molar-refractivity contribution in [3.05, 3.63) is 35.4 Å². The monoisotopic (exact) mass is 368 g/mol. The molecule has 0 radical (unpaired) electrons. The number of nitriles is 1. The third kappa shape index (κ3) is 4.86. The Balaban J connectivity index is 1.49. The van der Waals surface area contributed by atoms with Crippen LogP contribution in [0.1, 0.15) is 36.2 Å². The topological polar surface area (TPSA) is 67.7 Å². The molecule has 2 unspecified atom stereocenters. The van der Waals surface area contributed by atoms with Crippen LogP contribution in [-0.4, -0.2) is 72.3 Å². The van der Waals surface area contributed by atoms with Crippen LogP contribution in [0.2, 0.25) is 0 Å². The van der Waals surface area contributed by atoms with Crippen molar-refractivity contribution in [3.63, 3.8) is 0 Å². The van der Waals surface area contributed by atoms with E-state index in [9.17, 15) is 9.59 Å². The van der Waals surface area contributed by atoms with Gasteiger partial charge in [-0.25, -0.2) is 0 Å². The van der Waals surface area contributed by atoms with Crippen LogP contribution in [0.25, 0.3) is 0 Å². The van der Waals surface area contributed by atoms with Gasteiger partial charge in [-0.2, -0.15) is 5.26 Å². The smallest absolute Gasteiger partial charge is 0.253 e. The van der Waals surface area contributed by atoms with Gasteiger partial charge in [-0.1, -0.05) is 13.8 Å². The third-order valence-electron chi connectivity index (χ3n) is 5.50. The second-order valence-corrected chi connectivity index (χ2v) is 8.00. The molecule has 2 heterocycles. The maximum atomic E-state index is 12.6. The van der Waals surface area contributed by atoms with Gasteiger partial charge in [0, 0.05) is 44.8 Å². The number of hydrogen-bond donors (Lipinski definition) is 0. The van der Waals surface area contributed by atoms with Crippen molar-refractivity contribution in [2.75, 3.05) is 45.8 Å². The summed E-state index contributed by atoms with van der Waals surface area (Å²) >= 11 is 0. The molecule has 6 heteroatoms. The van der Waals surface area contributed by atoms with Crippen LogP contribution >= 0.6 is 0 Å². The lowest BCUT2D eigenvalue weighted by Gasteiger charge is -2.38.